The number of pyridine rings is 2. The van der Waals surface area contributed by atoms with Gasteiger partial charge in [0.1, 0.15) is 0 Å². The molecule has 0 radical (unpaired) electrons. The highest BCUT2D eigenvalue weighted by atomic mass is 16.2. The van der Waals surface area contributed by atoms with E-state index >= 15 is 0 Å². The van der Waals surface area contributed by atoms with Crippen LogP contribution in [0.4, 0.5) is 4.79 Å². The van der Waals surface area contributed by atoms with Crippen LogP contribution in [0.1, 0.15) is 11.1 Å². The number of rotatable bonds is 6. The monoisotopic (exact) mass is 400 g/mol. The largest absolute Gasteiger partial charge is 0.334 e. The number of benzene rings is 1. The summed E-state index contributed by atoms with van der Waals surface area (Å²) < 4.78 is 1.36. The highest BCUT2D eigenvalue weighted by Gasteiger charge is 2.11. The smallest absolute Gasteiger partial charge is 0.315 e. The summed E-state index contributed by atoms with van der Waals surface area (Å²) in [7, 11) is 0. The fourth-order valence-corrected chi connectivity index (χ4v) is 2.98. The Hall–Kier alpha value is -4.20. The first-order valence-electron chi connectivity index (χ1n) is 9.42. The third-order valence-corrected chi connectivity index (χ3v) is 4.53. The molecule has 4 rings (SSSR count). The van der Waals surface area contributed by atoms with E-state index in [1.165, 1.54) is 4.68 Å². The Balaban J connectivity index is 1.42. The molecule has 8 nitrogen and oxygen atoms in total. The molecule has 0 unspecified atom stereocenters. The Kier molecular flexibility index (Phi) is 5.66. The summed E-state index contributed by atoms with van der Waals surface area (Å²) in [4.78, 5) is 33.1. The zero-order valence-corrected chi connectivity index (χ0v) is 16.1. The molecule has 2 amide bonds. The molecule has 1 aromatic carbocycles. The highest BCUT2D eigenvalue weighted by molar-refractivity contribution is 5.73. The zero-order chi connectivity index (χ0) is 20.8. The van der Waals surface area contributed by atoms with Crippen molar-refractivity contribution in [1.29, 1.82) is 0 Å². The lowest BCUT2D eigenvalue weighted by Gasteiger charge is -2.09. The van der Waals surface area contributed by atoms with Gasteiger partial charge >= 0.3 is 6.03 Å². The van der Waals surface area contributed by atoms with Gasteiger partial charge in [0, 0.05) is 43.4 Å². The van der Waals surface area contributed by atoms with E-state index in [4.69, 9.17) is 0 Å². The van der Waals surface area contributed by atoms with E-state index < -0.39 is 0 Å². The van der Waals surface area contributed by atoms with Crippen molar-refractivity contribution in [3.63, 3.8) is 0 Å². The molecule has 0 aliphatic carbocycles. The molecule has 0 aliphatic heterocycles. The van der Waals surface area contributed by atoms with E-state index in [9.17, 15) is 9.59 Å². The maximum absolute atomic E-state index is 12.8. The van der Waals surface area contributed by atoms with Crippen molar-refractivity contribution in [2.75, 3.05) is 0 Å². The lowest BCUT2D eigenvalue weighted by atomic mass is 10.2. The van der Waals surface area contributed by atoms with Crippen LogP contribution >= 0.6 is 0 Å². The van der Waals surface area contributed by atoms with Crippen molar-refractivity contribution in [1.82, 2.24) is 30.4 Å². The molecule has 3 heterocycles. The number of hydrogen-bond donors (Lipinski definition) is 3. The first kappa shape index (κ1) is 19.1. The van der Waals surface area contributed by atoms with Crippen molar-refractivity contribution in [3.05, 3.63) is 101 Å². The minimum Gasteiger partial charge on any atom is -0.334 e. The minimum atomic E-state index is -0.270. The van der Waals surface area contributed by atoms with Crippen LogP contribution in [0.3, 0.4) is 0 Å². The van der Waals surface area contributed by atoms with Crippen LogP contribution in [-0.2, 0) is 13.1 Å². The molecule has 30 heavy (non-hydrogen) atoms. The minimum absolute atomic E-state index is 0.221. The highest BCUT2D eigenvalue weighted by Crippen LogP contribution is 2.14. The summed E-state index contributed by atoms with van der Waals surface area (Å²) in [6.45, 7) is 0.754. The average Bonchev–Trinajstić information content (AvgIpc) is 3.19. The van der Waals surface area contributed by atoms with E-state index in [1.54, 1.807) is 43.0 Å². The molecule has 0 fully saturated rings. The number of aromatic amines is 1. The molecule has 0 saturated carbocycles. The summed E-state index contributed by atoms with van der Waals surface area (Å²) in [6, 6.07) is 16.5. The van der Waals surface area contributed by atoms with Gasteiger partial charge in [0.05, 0.1) is 5.56 Å². The second-order valence-corrected chi connectivity index (χ2v) is 6.61. The van der Waals surface area contributed by atoms with Gasteiger partial charge < -0.3 is 10.6 Å². The van der Waals surface area contributed by atoms with Gasteiger partial charge in [-0.1, -0.05) is 36.4 Å². The SMILES string of the molecule is O=C(NCc1ccccc1)NCc1ccnc(-n2[nH]cc(-c3cccnc3)c2=O)c1. The molecule has 4 aromatic rings. The van der Waals surface area contributed by atoms with Crippen molar-refractivity contribution in [3.8, 4) is 16.9 Å². The van der Waals surface area contributed by atoms with Crippen LogP contribution in [0.2, 0.25) is 0 Å². The maximum atomic E-state index is 12.8. The Morgan fingerprint density at radius 3 is 2.53 bits per heavy atom. The van der Waals surface area contributed by atoms with Crippen LogP contribution in [0.25, 0.3) is 16.9 Å². The van der Waals surface area contributed by atoms with Crippen LogP contribution < -0.4 is 16.2 Å². The van der Waals surface area contributed by atoms with Gasteiger partial charge in [0.15, 0.2) is 5.82 Å². The van der Waals surface area contributed by atoms with Crippen LogP contribution in [0, 0.1) is 0 Å². The van der Waals surface area contributed by atoms with Crippen molar-refractivity contribution in [2.24, 2.45) is 0 Å². The molecule has 3 N–H and O–H groups in total. The van der Waals surface area contributed by atoms with Crippen LogP contribution in [0.5, 0.6) is 0 Å². The molecular weight excluding hydrogens is 380 g/mol. The van der Waals surface area contributed by atoms with Crippen molar-refractivity contribution < 1.29 is 4.79 Å². The second kappa shape index (κ2) is 8.87. The standard InChI is InChI=1S/C22H20N6O2/c29-21-19(18-7-4-9-23-14-18)15-27-28(21)20-11-17(8-10-24-20)13-26-22(30)25-12-16-5-2-1-3-6-16/h1-11,14-15,27H,12-13H2,(H2,25,26,30). The normalized spacial score (nSPS) is 10.5. The first-order valence-corrected chi connectivity index (χ1v) is 9.42. The molecule has 0 aliphatic rings. The molecule has 0 saturated heterocycles. The first-order chi connectivity index (χ1) is 14.7. The predicted molar refractivity (Wildman–Crippen MR) is 113 cm³/mol. The molecule has 0 atom stereocenters. The van der Waals surface area contributed by atoms with Gasteiger partial charge in [0.2, 0.25) is 0 Å². The van der Waals surface area contributed by atoms with Gasteiger partial charge in [-0.25, -0.2) is 14.5 Å². The Morgan fingerprint density at radius 1 is 0.967 bits per heavy atom. The third kappa shape index (κ3) is 4.44. The zero-order valence-electron chi connectivity index (χ0n) is 16.1. The lowest BCUT2D eigenvalue weighted by Crippen LogP contribution is -2.34. The van der Waals surface area contributed by atoms with E-state index in [2.05, 4.69) is 25.7 Å². The van der Waals surface area contributed by atoms with Crippen molar-refractivity contribution in [2.45, 2.75) is 13.1 Å². The summed E-state index contributed by atoms with van der Waals surface area (Å²) in [5, 5.41) is 8.56. The predicted octanol–water partition coefficient (Wildman–Crippen LogP) is 2.62. The van der Waals surface area contributed by atoms with Crippen LogP contribution in [0.15, 0.2) is 84.2 Å². The number of nitrogens with one attached hydrogen (secondary N) is 3. The topological polar surface area (TPSA) is 105 Å². The summed E-state index contributed by atoms with van der Waals surface area (Å²) >= 11 is 0. The van der Waals surface area contributed by atoms with Gasteiger partial charge in [-0.2, -0.15) is 0 Å². The molecule has 150 valence electrons. The van der Waals surface area contributed by atoms with Gasteiger partial charge in [-0.05, 0) is 29.3 Å². The van der Waals surface area contributed by atoms with E-state index in [0.717, 1.165) is 16.7 Å². The number of H-pyrrole nitrogens is 1. The second-order valence-electron chi connectivity index (χ2n) is 6.61. The van der Waals surface area contributed by atoms with Crippen LogP contribution in [-0.4, -0.2) is 25.8 Å². The molecule has 0 spiro atoms. The van der Waals surface area contributed by atoms with E-state index in [1.807, 2.05) is 36.4 Å². The quantitative estimate of drug-likeness (QED) is 0.463. The molecule has 0 bridgehead atoms. The molecule has 8 heteroatoms. The number of amides is 2. The van der Waals surface area contributed by atoms with Gasteiger partial charge in [0.25, 0.3) is 5.56 Å². The molecule has 3 aromatic heterocycles. The number of carbonyl (C=O) groups excluding carboxylic acids is 1. The Morgan fingerprint density at radius 2 is 1.77 bits per heavy atom. The summed E-state index contributed by atoms with van der Waals surface area (Å²) in [6.07, 6.45) is 6.52. The number of aromatic nitrogens is 4. The summed E-state index contributed by atoms with van der Waals surface area (Å²) in [5.74, 6) is 0.444. The fraction of sp³-hybridized carbons (Fsp3) is 0.0909. The number of carbonyl (C=O) groups is 1. The van der Waals surface area contributed by atoms with Gasteiger partial charge in [-0.15, -0.1) is 0 Å². The lowest BCUT2D eigenvalue weighted by molar-refractivity contribution is 0.240. The molecular formula is C22H20N6O2. The van der Waals surface area contributed by atoms with E-state index in [0.29, 0.717) is 24.5 Å². The summed E-state index contributed by atoms with van der Waals surface area (Å²) in [5.41, 5.74) is 2.86. The average molecular weight is 400 g/mol. The van der Waals surface area contributed by atoms with Crippen molar-refractivity contribution >= 4 is 6.03 Å². The fourth-order valence-electron chi connectivity index (χ4n) is 2.98. The third-order valence-electron chi connectivity index (χ3n) is 4.53. The number of urea groups is 1. The van der Waals surface area contributed by atoms with Gasteiger partial charge in [-0.3, -0.25) is 14.9 Å². The number of nitrogens with zero attached hydrogens (tertiary/aromatic N) is 3. The van der Waals surface area contributed by atoms with E-state index in [-0.39, 0.29) is 11.6 Å². The maximum Gasteiger partial charge on any atom is 0.315 e. The Bertz CT molecular complexity index is 1180. The Labute approximate surface area is 172 Å². The number of hydrogen-bond acceptors (Lipinski definition) is 4.